The smallest absolute Gasteiger partial charge is 0.496 e. The van der Waals surface area contributed by atoms with Crippen LogP contribution in [-0.4, -0.2) is 46.1 Å². The first kappa shape index (κ1) is 22.7. The number of anilines is 1. The molecule has 1 aliphatic rings. The second kappa shape index (κ2) is 9.41. The van der Waals surface area contributed by atoms with Gasteiger partial charge in [0.15, 0.2) is 29.6 Å². The molecule has 32 heavy (non-hydrogen) atoms. The quantitative estimate of drug-likeness (QED) is 0.482. The second-order valence-electron chi connectivity index (χ2n) is 6.27. The Bertz CT molecular complexity index is 1050. The zero-order chi connectivity index (χ0) is 23.3. The number of esters is 1. The van der Waals surface area contributed by atoms with Crippen molar-refractivity contribution in [1.29, 1.82) is 0 Å². The van der Waals surface area contributed by atoms with E-state index in [1.165, 1.54) is 45.6 Å². The summed E-state index contributed by atoms with van der Waals surface area (Å²) in [6, 6.07) is 6.93. The Labute approximate surface area is 181 Å². The Morgan fingerprint density at radius 2 is 1.62 bits per heavy atom. The molecule has 170 valence electrons. The molecule has 2 aromatic rings. The average Bonchev–Trinajstić information content (AvgIpc) is 3.08. The van der Waals surface area contributed by atoms with E-state index in [9.17, 15) is 18.4 Å². The van der Waals surface area contributed by atoms with Gasteiger partial charge in [-0.2, -0.15) is 0 Å². The SMILES string of the molecule is COc1cc(OC)c(OC)cc1/C=C/C(=O)OCC(=O)Nc1ccc2c(c1)OC(F)(F)O2. The summed E-state index contributed by atoms with van der Waals surface area (Å²) in [6.45, 7) is -0.600. The zero-order valence-electron chi connectivity index (χ0n) is 17.3. The highest BCUT2D eigenvalue weighted by atomic mass is 19.3. The van der Waals surface area contributed by atoms with Crippen LogP contribution in [0.4, 0.5) is 14.5 Å². The van der Waals surface area contributed by atoms with E-state index in [4.69, 9.17) is 18.9 Å². The Morgan fingerprint density at radius 3 is 2.31 bits per heavy atom. The lowest BCUT2D eigenvalue weighted by molar-refractivity contribution is -0.286. The number of ether oxygens (including phenoxy) is 6. The third kappa shape index (κ3) is 5.36. The van der Waals surface area contributed by atoms with E-state index in [1.54, 1.807) is 12.1 Å². The maximum absolute atomic E-state index is 13.0. The van der Waals surface area contributed by atoms with Crippen molar-refractivity contribution in [3.63, 3.8) is 0 Å². The summed E-state index contributed by atoms with van der Waals surface area (Å²) in [4.78, 5) is 24.0. The number of carbonyl (C=O) groups is 2. The lowest BCUT2D eigenvalue weighted by Crippen LogP contribution is -2.25. The largest absolute Gasteiger partial charge is 0.586 e. The molecule has 0 spiro atoms. The number of halogens is 2. The summed E-state index contributed by atoms with van der Waals surface area (Å²) in [5.74, 6) is -0.539. The first-order chi connectivity index (χ1) is 15.2. The third-order valence-electron chi connectivity index (χ3n) is 4.17. The Balaban J connectivity index is 1.56. The fourth-order valence-corrected chi connectivity index (χ4v) is 2.75. The second-order valence-corrected chi connectivity index (χ2v) is 6.27. The molecule has 0 atom stereocenters. The molecule has 2 aromatic carbocycles. The van der Waals surface area contributed by atoms with Crippen LogP contribution in [0.3, 0.4) is 0 Å². The molecule has 1 aliphatic heterocycles. The van der Waals surface area contributed by atoms with Crippen LogP contribution in [0, 0.1) is 0 Å². The van der Waals surface area contributed by atoms with Gasteiger partial charge in [-0.25, -0.2) is 4.79 Å². The molecule has 0 fully saturated rings. The first-order valence-corrected chi connectivity index (χ1v) is 9.09. The number of hydrogen-bond acceptors (Lipinski definition) is 8. The Kier molecular flexibility index (Phi) is 6.67. The van der Waals surface area contributed by atoms with E-state index in [0.717, 1.165) is 6.08 Å². The lowest BCUT2D eigenvalue weighted by Gasteiger charge is -2.12. The molecular formula is C21H19F2NO8. The minimum atomic E-state index is -3.76. The van der Waals surface area contributed by atoms with Crippen molar-refractivity contribution in [1.82, 2.24) is 0 Å². The standard InChI is InChI=1S/C21H19F2NO8/c1-27-15-10-17(29-3)16(28-2)8-12(15)4-7-20(26)30-11-19(25)24-13-5-6-14-18(9-13)32-21(22,23)31-14/h4-10H,11H2,1-3H3,(H,24,25)/b7-4+. The summed E-state index contributed by atoms with van der Waals surface area (Å²) in [7, 11) is 4.41. The Morgan fingerprint density at radius 1 is 0.969 bits per heavy atom. The van der Waals surface area contributed by atoms with Crippen molar-refractivity contribution >= 4 is 23.6 Å². The van der Waals surface area contributed by atoms with Gasteiger partial charge in [0.05, 0.1) is 21.3 Å². The number of alkyl halides is 2. The number of nitrogens with one attached hydrogen (secondary N) is 1. The summed E-state index contributed by atoms with van der Waals surface area (Å²) in [5, 5.41) is 2.40. The summed E-state index contributed by atoms with van der Waals surface area (Å²) < 4.78 is 55.2. The summed E-state index contributed by atoms with van der Waals surface area (Å²) in [5.41, 5.74) is 0.681. The number of methoxy groups -OCH3 is 3. The molecule has 3 rings (SSSR count). The molecule has 1 N–H and O–H groups in total. The van der Waals surface area contributed by atoms with Gasteiger partial charge in [-0.3, -0.25) is 4.79 Å². The molecule has 0 radical (unpaired) electrons. The van der Waals surface area contributed by atoms with Gasteiger partial charge in [-0.1, -0.05) is 0 Å². The van der Waals surface area contributed by atoms with Crippen LogP contribution >= 0.6 is 0 Å². The van der Waals surface area contributed by atoms with E-state index < -0.39 is 24.8 Å². The first-order valence-electron chi connectivity index (χ1n) is 9.09. The van der Waals surface area contributed by atoms with Crippen LogP contribution in [0.15, 0.2) is 36.4 Å². The van der Waals surface area contributed by atoms with E-state index >= 15 is 0 Å². The molecule has 0 bridgehead atoms. The van der Waals surface area contributed by atoms with Crippen molar-refractivity contribution in [3.05, 3.63) is 42.0 Å². The van der Waals surface area contributed by atoms with Crippen LogP contribution in [0.5, 0.6) is 28.7 Å². The normalized spacial score (nSPS) is 13.5. The molecule has 1 amide bonds. The number of rotatable bonds is 8. The molecule has 9 nitrogen and oxygen atoms in total. The summed E-state index contributed by atoms with van der Waals surface area (Å²) in [6.07, 6.45) is -1.22. The van der Waals surface area contributed by atoms with Crippen LogP contribution in [0.1, 0.15) is 5.56 Å². The number of amides is 1. The maximum atomic E-state index is 13.0. The van der Waals surface area contributed by atoms with Crippen LogP contribution in [0.25, 0.3) is 6.08 Å². The Hall–Kier alpha value is -4.02. The van der Waals surface area contributed by atoms with E-state index in [0.29, 0.717) is 22.8 Å². The number of hydrogen-bond donors (Lipinski definition) is 1. The molecule has 0 unspecified atom stereocenters. The molecule has 1 heterocycles. The minimum Gasteiger partial charge on any atom is -0.496 e. The highest BCUT2D eigenvalue weighted by molar-refractivity contribution is 5.95. The van der Waals surface area contributed by atoms with E-state index in [-0.39, 0.29) is 17.2 Å². The minimum absolute atomic E-state index is 0.157. The van der Waals surface area contributed by atoms with Gasteiger partial charge >= 0.3 is 12.3 Å². The van der Waals surface area contributed by atoms with Crippen LogP contribution < -0.4 is 29.0 Å². The molecular weight excluding hydrogens is 432 g/mol. The fraction of sp³-hybridized carbons (Fsp3) is 0.238. The van der Waals surface area contributed by atoms with Crippen LogP contribution in [0.2, 0.25) is 0 Å². The molecule has 0 saturated heterocycles. The number of benzene rings is 2. The molecule has 0 aromatic heterocycles. The third-order valence-corrected chi connectivity index (χ3v) is 4.17. The van der Waals surface area contributed by atoms with E-state index in [1.807, 2.05) is 0 Å². The topological polar surface area (TPSA) is 102 Å². The van der Waals surface area contributed by atoms with Crippen molar-refractivity contribution in [2.24, 2.45) is 0 Å². The zero-order valence-corrected chi connectivity index (χ0v) is 17.3. The van der Waals surface area contributed by atoms with E-state index in [2.05, 4.69) is 14.8 Å². The number of fused-ring (bicyclic) bond motifs is 1. The van der Waals surface area contributed by atoms with Gasteiger partial charge in [0, 0.05) is 29.5 Å². The molecule has 0 aliphatic carbocycles. The average molecular weight is 451 g/mol. The van der Waals surface area contributed by atoms with Gasteiger partial charge in [0.1, 0.15) is 5.75 Å². The van der Waals surface area contributed by atoms with Gasteiger partial charge in [-0.05, 0) is 24.3 Å². The van der Waals surface area contributed by atoms with Gasteiger partial charge in [0.2, 0.25) is 0 Å². The van der Waals surface area contributed by atoms with Crippen molar-refractivity contribution in [2.45, 2.75) is 6.29 Å². The highest BCUT2D eigenvalue weighted by Gasteiger charge is 2.43. The van der Waals surface area contributed by atoms with Crippen LogP contribution in [-0.2, 0) is 14.3 Å². The van der Waals surface area contributed by atoms with Gasteiger partial charge in [-0.15, -0.1) is 8.78 Å². The van der Waals surface area contributed by atoms with Crippen molar-refractivity contribution in [3.8, 4) is 28.7 Å². The van der Waals surface area contributed by atoms with Gasteiger partial charge < -0.3 is 33.7 Å². The van der Waals surface area contributed by atoms with Gasteiger partial charge in [0.25, 0.3) is 5.91 Å². The lowest BCUT2D eigenvalue weighted by atomic mass is 10.1. The monoisotopic (exact) mass is 451 g/mol. The maximum Gasteiger partial charge on any atom is 0.586 e. The fourth-order valence-electron chi connectivity index (χ4n) is 2.75. The van der Waals surface area contributed by atoms with Crippen molar-refractivity contribution in [2.75, 3.05) is 33.3 Å². The molecule has 0 saturated carbocycles. The molecule has 11 heteroatoms. The summed E-state index contributed by atoms with van der Waals surface area (Å²) >= 11 is 0. The predicted molar refractivity (Wildman–Crippen MR) is 107 cm³/mol. The predicted octanol–water partition coefficient (Wildman–Crippen LogP) is 3.23. The highest BCUT2D eigenvalue weighted by Crippen LogP contribution is 2.42. The van der Waals surface area contributed by atoms with Crippen molar-refractivity contribution < 1.29 is 46.8 Å². The number of carbonyl (C=O) groups excluding carboxylic acids is 2.